The Morgan fingerprint density at radius 1 is 1.42 bits per heavy atom. The van der Waals surface area contributed by atoms with Gasteiger partial charge in [0, 0.05) is 0 Å². The first-order valence-electron chi connectivity index (χ1n) is 3.42. The highest BCUT2D eigenvalue weighted by Crippen LogP contribution is 2.00. The third-order valence-electron chi connectivity index (χ3n) is 1.49. The quantitative estimate of drug-likeness (QED) is 0.595. The average molecular weight is 159 g/mol. The molecule has 0 N–H and O–H groups in total. The number of hydrogen-bond donors (Lipinski definition) is 0. The molecule has 0 aliphatic rings. The highest BCUT2D eigenvalue weighted by Gasteiger charge is 2.02. The molecular formula is C7H5N5. The lowest BCUT2D eigenvalue weighted by Gasteiger charge is -1.91. The van der Waals surface area contributed by atoms with Gasteiger partial charge < -0.3 is 0 Å². The molecule has 0 spiro atoms. The molecule has 2 aromatic rings. The first-order valence-corrected chi connectivity index (χ1v) is 3.42. The van der Waals surface area contributed by atoms with Crippen molar-refractivity contribution in [3.05, 3.63) is 24.3 Å². The lowest BCUT2D eigenvalue weighted by molar-refractivity contribution is 0.856. The summed E-state index contributed by atoms with van der Waals surface area (Å²) in [4.78, 5) is 7.94. The molecule has 0 aliphatic carbocycles. The predicted molar refractivity (Wildman–Crippen MR) is 40.1 cm³/mol. The van der Waals surface area contributed by atoms with Gasteiger partial charge in [0.05, 0.1) is 36.8 Å². The maximum Gasteiger partial charge on any atom is 0.250 e. The van der Waals surface area contributed by atoms with Crippen LogP contribution in [-0.2, 0) is 6.42 Å². The van der Waals surface area contributed by atoms with Crippen LogP contribution in [0.5, 0.6) is 0 Å². The van der Waals surface area contributed by atoms with Gasteiger partial charge in [0.1, 0.15) is 0 Å². The fraction of sp³-hybridized carbons (Fsp3) is 0.143. The minimum Gasteiger partial charge on any atom is -0.218 e. The van der Waals surface area contributed by atoms with Crippen molar-refractivity contribution in [2.45, 2.75) is 6.42 Å². The molecular weight excluding hydrogens is 154 g/mol. The van der Waals surface area contributed by atoms with E-state index >= 15 is 0 Å². The van der Waals surface area contributed by atoms with E-state index in [-0.39, 0.29) is 0 Å². The highest BCUT2D eigenvalue weighted by molar-refractivity contribution is 5.28. The summed E-state index contributed by atoms with van der Waals surface area (Å²) in [6.45, 7) is 0. The van der Waals surface area contributed by atoms with Crippen molar-refractivity contribution in [3.8, 4) is 6.07 Å². The van der Waals surface area contributed by atoms with Gasteiger partial charge in [-0.2, -0.15) is 10.4 Å². The second-order valence-electron chi connectivity index (χ2n) is 2.24. The lowest BCUT2D eigenvalue weighted by atomic mass is 10.4. The summed E-state index contributed by atoms with van der Waals surface area (Å²) in [5.74, 6) is 0.530. The Morgan fingerprint density at radius 2 is 2.33 bits per heavy atom. The Balaban J connectivity index is 2.64. The molecule has 5 nitrogen and oxygen atoms in total. The van der Waals surface area contributed by atoms with Gasteiger partial charge in [-0.3, -0.25) is 0 Å². The summed E-state index contributed by atoms with van der Waals surface area (Å²) >= 11 is 0. The number of aromatic nitrogens is 4. The van der Waals surface area contributed by atoms with E-state index in [4.69, 9.17) is 5.26 Å². The van der Waals surface area contributed by atoms with Crippen LogP contribution in [0.2, 0.25) is 0 Å². The van der Waals surface area contributed by atoms with Crippen LogP contribution in [0, 0.1) is 11.3 Å². The Bertz CT molecular complexity index is 438. The minimum absolute atomic E-state index is 0.305. The van der Waals surface area contributed by atoms with Crippen LogP contribution >= 0.6 is 0 Å². The van der Waals surface area contributed by atoms with Crippen molar-refractivity contribution >= 4 is 5.78 Å². The van der Waals surface area contributed by atoms with E-state index in [9.17, 15) is 0 Å². The largest absolute Gasteiger partial charge is 0.250 e. The highest BCUT2D eigenvalue weighted by atomic mass is 15.3. The molecule has 58 valence electrons. The SMILES string of the molecule is N#CCc1cnc2nccnn12. The fourth-order valence-corrected chi connectivity index (χ4v) is 0.982. The Labute approximate surface area is 68.3 Å². The molecule has 0 saturated heterocycles. The zero-order valence-electron chi connectivity index (χ0n) is 6.18. The molecule has 2 rings (SSSR count). The van der Waals surface area contributed by atoms with Gasteiger partial charge in [-0.1, -0.05) is 0 Å². The molecule has 0 atom stereocenters. The van der Waals surface area contributed by atoms with Gasteiger partial charge in [-0.05, 0) is 0 Å². The molecule has 0 radical (unpaired) electrons. The number of nitrogens with zero attached hydrogens (tertiary/aromatic N) is 5. The van der Waals surface area contributed by atoms with Crippen LogP contribution in [0.4, 0.5) is 0 Å². The second kappa shape index (κ2) is 2.58. The first-order chi connectivity index (χ1) is 5.92. The molecule has 0 unspecified atom stereocenters. The van der Waals surface area contributed by atoms with Crippen LogP contribution in [0.15, 0.2) is 18.6 Å². The predicted octanol–water partition coefficient (Wildman–Crippen LogP) is 0.190. The molecule has 0 aromatic carbocycles. The van der Waals surface area contributed by atoms with Crippen LogP contribution in [0.25, 0.3) is 5.78 Å². The summed E-state index contributed by atoms with van der Waals surface area (Å²) in [6, 6.07) is 2.03. The maximum absolute atomic E-state index is 8.46. The van der Waals surface area contributed by atoms with Crippen LogP contribution in [0.3, 0.4) is 0 Å². The van der Waals surface area contributed by atoms with Gasteiger partial charge in [0.15, 0.2) is 0 Å². The summed E-state index contributed by atoms with van der Waals surface area (Å²) in [5.41, 5.74) is 0.764. The van der Waals surface area contributed by atoms with Gasteiger partial charge >= 0.3 is 0 Å². The van der Waals surface area contributed by atoms with Gasteiger partial charge in [0.25, 0.3) is 5.78 Å². The summed E-state index contributed by atoms with van der Waals surface area (Å²) in [7, 11) is 0. The summed E-state index contributed by atoms with van der Waals surface area (Å²) < 4.78 is 1.56. The minimum atomic E-state index is 0.305. The monoisotopic (exact) mass is 159 g/mol. The average Bonchev–Trinajstić information content (AvgIpc) is 2.50. The van der Waals surface area contributed by atoms with Gasteiger partial charge in [-0.15, -0.1) is 0 Å². The van der Waals surface area contributed by atoms with E-state index in [1.807, 2.05) is 6.07 Å². The third-order valence-corrected chi connectivity index (χ3v) is 1.49. The molecule has 0 fully saturated rings. The van der Waals surface area contributed by atoms with E-state index in [1.165, 1.54) is 0 Å². The van der Waals surface area contributed by atoms with Crippen LogP contribution < -0.4 is 0 Å². The molecule has 0 saturated carbocycles. The Hall–Kier alpha value is -1.96. The fourth-order valence-electron chi connectivity index (χ4n) is 0.982. The molecule has 0 aliphatic heterocycles. The lowest BCUT2D eigenvalue weighted by Crippen LogP contribution is -1.96. The van der Waals surface area contributed by atoms with E-state index in [1.54, 1.807) is 23.1 Å². The second-order valence-corrected chi connectivity index (χ2v) is 2.24. The maximum atomic E-state index is 8.46. The molecule has 0 bridgehead atoms. The topological polar surface area (TPSA) is 66.9 Å². The number of rotatable bonds is 1. The van der Waals surface area contributed by atoms with Crippen molar-refractivity contribution in [3.63, 3.8) is 0 Å². The van der Waals surface area contributed by atoms with E-state index in [0.29, 0.717) is 12.2 Å². The normalized spacial score (nSPS) is 9.92. The van der Waals surface area contributed by atoms with E-state index < -0.39 is 0 Å². The number of imidazole rings is 1. The Morgan fingerprint density at radius 3 is 3.17 bits per heavy atom. The van der Waals surface area contributed by atoms with E-state index in [0.717, 1.165) is 5.69 Å². The Kier molecular flexibility index (Phi) is 1.45. The van der Waals surface area contributed by atoms with Crippen molar-refractivity contribution in [1.29, 1.82) is 5.26 Å². The molecule has 5 heteroatoms. The first kappa shape index (κ1) is 6.73. The van der Waals surface area contributed by atoms with Crippen molar-refractivity contribution in [2.75, 3.05) is 0 Å². The number of fused-ring (bicyclic) bond motifs is 1. The summed E-state index contributed by atoms with van der Waals surface area (Å²) in [5, 5.41) is 12.5. The summed E-state index contributed by atoms with van der Waals surface area (Å²) in [6.07, 6.45) is 5.05. The molecule has 0 amide bonds. The number of nitriles is 1. The zero-order chi connectivity index (χ0) is 8.39. The van der Waals surface area contributed by atoms with Gasteiger partial charge in [0.2, 0.25) is 0 Å². The zero-order valence-corrected chi connectivity index (χ0v) is 6.18. The van der Waals surface area contributed by atoms with Gasteiger partial charge in [-0.25, -0.2) is 14.5 Å². The van der Waals surface area contributed by atoms with Crippen molar-refractivity contribution < 1.29 is 0 Å². The van der Waals surface area contributed by atoms with E-state index in [2.05, 4.69) is 15.1 Å². The number of hydrogen-bond acceptors (Lipinski definition) is 4. The standard InChI is InChI=1S/C7H5N5/c8-2-1-6-5-10-7-9-3-4-11-12(6)7/h3-5H,1H2. The molecule has 12 heavy (non-hydrogen) atoms. The van der Waals surface area contributed by atoms with Crippen LogP contribution in [0.1, 0.15) is 5.69 Å². The van der Waals surface area contributed by atoms with Crippen molar-refractivity contribution in [2.24, 2.45) is 0 Å². The smallest absolute Gasteiger partial charge is 0.218 e. The van der Waals surface area contributed by atoms with Crippen LogP contribution in [-0.4, -0.2) is 19.6 Å². The third kappa shape index (κ3) is 0.900. The molecule has 2 aromatic heterocycles. The molecule has 2 heterocycles. The van der Waals surface area contributed by atoms with Crippen molar-refractivity contribution in [1.82, 2.24) is 19.6 Å².